The van der Waals surface area contributed by atoms with Crippen molar-refractivity contribution >= 4 is 55.8 Å². The minimum atomic E-state index is -0.263. The Labute approximate surface area is 204 Å². The van der Waals surface area contributed by atoms with Gasteiger partial charge in [0.1, 0.15) is 0 Å². The summed E-state index contributed by atoms with van der Waals surface area (Å²) in [6.07, 6.45) is 0.875. The lowest BCUT2D eigenvalue weighted by atomic mass is 10.1. The third-order valence-electron chi connectivity index (χ3n) is 5.44. The van der Waals surface area contributed by atoms with Gasteiger partial charge < -0.3 is 20.1 Å². The molecule has 0 aliphatic carbocycles. The van der Waals surface area contributed by atoms with Gasteiger partial charge >= 0.3 is 0 Å². The van der Waals surface area contributed by atoms with Crippen LogP contribution in [0.1, 0.15) is 27.9 Å². The van der Waals surface area contributed by atoms with Gasteiger partial charge in [-0.25, -0.2) is 4.98 Å². The van der Waals surface area contributed by atoms with Gasteiger partial charge in [-0.15, -0.1) is 0 Å². The quantitative estimate of drug-likeness (QED) is 0.354. The van der Waals surface area contributed by atoms with Crippen molar-refractivity contribution in [2.45, 2.75) is 19.8 Å². The van der Waals surface area contributed by atoms with Crippen molar-refractivity contribution < 1.29 is 19.1 Å². The van der Waals surface area contributed by atoms with Crippen molar-refractivity contribution in [3.8, 4) is 11.5 Å². The van der Waals surface area contributed by atoms with Gasteiger partial charge in [-0.2, -0.15) is 0 Å². The van der Waals surface area contributed by atoms with E-state index in [0.717, 1.165) is 21.6 Å². The molecule has 0 saturated carbocycles. The number of carbonyl (C=O) groups is 2. The van der Waals surface area contributed by atoms with Crippen LogP contribution in [0.2, 0.25) is 5.02 Å². The number of carbonyl (C=O) groups excluding carboxylic acids is 2. The van der Waals surface area contributed by atoms with E-state index in [0.29, 0.717) is 45.5 Å². The van der Waals surface area contributed by atoms with E-state index in [2.05, 4.69) is 15.6 Å². The number of halogens is 1. The number of nitrogens with zero attached hydrogens (tertiary/aromatic N) is 1. The number of aromatic nitrogens is 1. The fraction of sp³-hybridized carbons (Fsp3) is 0.160. The Morgan fingerprint density at radius 3 is 2.76 bits per heavy atom. The standard InChI is InChI=1S/C25H20ClN3O4S/c1-14-3-2-4-17(26)23(14)29-24(31)16-7-8-18-21(12-16)34-25(27-18)28-22(30)10-6-15-5-9-19-20(11-15)33-13-32-19/h2-5,7-9,11-12H,6,10,13H2,1H3,(H,29,31)(H,27,28,30). The molecule has 0 bridgehead atoms. The Bertz CT molecular complexity index is 1400. The molecule has 0 saturated heterocycles. The lowest BCUT2D eigenvalue weighted by Crippen LogP contribution is -2.13. The van der Waals surface area contributed by atoms with Gasteiger partial charge in [0.15, 0.2) is 16.6 Å². The van der Waals surface area contributed by atoms with Crippen molar-refractivity contribution in [3.63, 3.8) is 0 Å². The molecule has 1 aromatic heterocycles. The van der Waals surface area contributed by atoms with Crippen LogP contribution < -0.4 is 20.1 Å². The number of para-hydroxylation sites is 1. The molecular formula is C25H20ClN3O4S. The molecule has 3 aromatic carbocycles. The number of aryl methyl sites for hydroxylation is 2. The first-order chi connectivity index (χ1) is 16.5. The fourth-order valence-corrected chi connectivity index (χ4v) is 4.82. The van der Waals surface area contributed by atoms with Crippen molar-refractivity contribution in [2.24, 2.45) is 0 Å². The second-order valence-corrected chi connectivity index (χ2v) is 9.26. The van der Waals surface area contributed by atoms with Gasteiger partial charge in [0.05, 0.1) is 20.9 Å². The molecule has 5 rings (SSSR count). The maximum atomic E-state index is 12.8. The molecule has 2 amide bonds. The molecule has 34 heavy (non-hydrogen) atoms. The number of hydrogen-bond donors (Lipinski definition) is 2. The molecule has 9 heteroatoms. The predicted octanol–water partition coefficient (Wildman–Crippen LogP) is 5.81. The van der Waals surface area contributed by atoms with E-state index in [4.69, 9.17) is 21.1 Å². The Hall–Kier alpha value is -3.62. The van der Waals surface area contributed by atoms with Crippen molar-refractivity contribution in [3.05, 3.63) is 76.3 Å². The minimum absolute atomic E-state index is 0.135. The summed E-state index contributed by atoms with van der Waals surface area (Å²) in [7, 11) is 0. The first-order valence-electron chi connectivity index (χ1n) is 10.6. The van der Waals surface area contributed by atoms with E-state index in [-0.39, 0.29) is 18.6 Å². The number of hydrogen-bond acceptors (Lipinski definition) is 6. The largest absolute Gasteiger partial charge is 0.454 e. The summed E-state index contributed by atoms with van der Waals surface area (Å²) >= 11 is 7.54. The number of thiazole rings is 1. The maximum absolute atomic E-state index is 12.8. The first kappa shape index (κ1) is 22.2. The number of ether oxygens (including phenoxy) is 2. The van der Waals surface area contributed by atoms with Gasteiger partial charge in [0.2, 0.25) is 12.7 Å². The number of benzene rings is 3. The molecule has 4 aromatic rings. The van der Waals surface area contributed by atoms with E-state index in [1.807, 2.05) is 37.3 Å². The predicted molar refractivity (Wildman–Crippen MR) is 133 cm³/mol. The van der Waals surface area contributed by atoms with Crippen LogP contribution in [0.15, 0.2) is 54.6 Å². The SMILES string of the molecule is Cc1cccc(Cl)c1NC(=O)c1ccc2nc(NC(=O)CCc3ccc4c(c3)OCO4)sc2c1. The summed E-state index contributed by atoms with van der Waals surface area (Å²) in [6, 6.07) is 16.4. The number of nitrogens with one attached hydrogen (secondary N) is 2. The number of anilines is 2. The van der Waals surface area contributed by atoms with Gasteiger partial charge in [0, 0.05) is 12.0 Å². The highest BCUT2D eigenvalue weighted by Gasteiger charge is 2.15. The summed E-state index contributed by atoms with van der Waals surface area (Å²) in [4.78, 5) is 29.7. The average molecular weight is 494 g/mol. The van der Waals surface area contributed by atoms with Gasteiger partial charge in [-0.05, 0) is 60.9 Å². The smallest absolute Gasteiger partial charge is 0.255 e. The van der Waals surface area contributed by atoms with E-state index in [1.54, 1.807) is 24.3 Å². The molecule has 0 unspecified atom stereocenters. The zero-order valence-electron chi connectivity index (χ0n) is 18.2. The third kappa shape index (κ3) is 4.69. The summed E-state index contributed by atoms with van der Waals surface area (Å²) < 4.78 is 11.5. The molecule has 0 radical (unpaired) electrons. The maximum Gasteiger partial charge on any atom is 0.255 e. The second kappa shape index (κ2) is 9.32. The van der Waals surface area contributed by atoms with Crippen LogP contribution >= 0.6 is 22.9 Å². The van der Waals surface area contributed by atoms with Crippen LogP contribution in [0.25, 0.3) is 10.2 Å². The van der Waals surface area contributed by atoms with Crippen LogP contribution in [-0.4, -0.2) is 23.6 Å². The fourth-order valence-electron chi connectivity index (χ4n) is 3.63. The third-order valence-corrected chi connectivity index (χ3v) is 6.68. The number of rotatable bonds is 6. The molecule has 1 aliphatic heterocycles. The van der Waals surface area contributed by atoms with Crippen molar-refractivity contribution in [2.75, 3.05) is 17.4 Å². The van der Waals surface area contributed by atoms with E-state index >= 15 is 0 Å². The highest BCUT2D eigenvalue weighted by molar-refractivity contribution is 7.22. The van der Waals surface area contributed by atoms with Crippen LogP contribution in [0.3, 0.4) is 0 Å². The van der Waals surface area contributed by atoms with Crippen LogP contribution in [0.4, 0.5) is 10.8 Å². The Balaban J connectivity index is 1.23. The van der Waals surface area contributed by atoms with Crippen molar-refractivity contribution in [1.29, 1.82) is 0 Å². The highest BCUT2D eigenvalue weighted by atomic mass is 35.5. The summed E-state index contributed by atoms with van der Waals surface area (Å²) in [6.45, 7) is 2.11. The zero-order valence-corrected chi connectivity index (χ0v) is 19.8. The van der Waals surface area contributed by atoms with Crippen LogP contribution in [0, 0.1) is 6.92 Å². The lowest BCUT2D eigenvalue weighted by Gasteiger charge is -2.10. The molecule has 172 valence electrons. The van der Waals surface area contributed by atoms with Gasteiger partial charge in [0.25, 0.3) is 5.91 Å². The molecule has 7 nitrogen and oxygen atoms in total. The highest BCUT2D eigenvalue weighted by Crippen LogP contribution is 2.33. The lowest BCUT2D eigenvalue weighted by molar-refractivity contribution is -0.116. The molecular weight excluding hydrogens is 474 g/mol. The summed E-state index contributed by atoms with van der Waals surface area (Å²) in [5.74, 6) is 1.02. The molecule has 0 spiro atoms. The average Bonchev–Trinajstić information content (AvgIpc) is 3.45. The molecule has 0 atom stereocenters. The van der Waals surface area contributed by atoms with E-state index in [9.17, 15) is 9.59 Å². The second-order valence-electron chi connectivity index (χ2n) is 7.82. The van der Waals surface area contributed by atoms with Crippen LogP contribution in [-0.2, 0) is 11.2 Å². The minimum Gasteiger partial charge on any atom is -0.454 e. The number of fused-ring (bicyclic) bond motifs is 2. The topological polar surface area (TPSA) is 89.6 Å². The summed E-state index contributed by atoms with van der Waals surface area (Å²) in [5, 5.41) is 6.70. The van der Waals surface area contributed by atoms with E-state index < -0.39 is 0 Å². The monoisotopic (exact) mass is 493 g/mol. The Morgan fingerprint density at radius 2 is 1.91 bits per heavy atom. The molecule has 1 aliphatic rings. The Kier molecular flexibility index (Phi) is 6.08. The van der Waals surface area contributed by atoms with Gasteiger partial charge in [-0.3, -0.25) is 9.59 Å². The Morgan fingerprint density at radius 1 is 1.06 bits per heavy atom. The van der Waals surface area contributed by atoms with Crippen molar-refractivity contribution in [1.82, 2.24) is 4.98 Å². The van der Waals surface area contributed by atoms with E-state index in [1.165, 1.54) is 11.3 Å². The first-order valence-corrected chi connectivity index (χ1v) is 11.8. The zero-order chi connectivity index (χ0) is 23.7. The molecule has 2 N–H and O–H groups in total. The molecule has 0 fully saturated rings. The van der Waals surface area contributed by atoms with Crippen LogP contribution in [0.5, 0.6) is 11.5 Å². The normalized spacial score (nSPS) is 12.1. The van der Waals surface area contributed by atoms with Gasteiger partial charge in [-0.1, -0.05) is 41.1 Å². The molecule has 2 heterocycles. The number of amides is 2. The summed E-state index contributed by atoms with van der Waals surface area (Å²) in [5.41, 5.74) is 3.66.